The summed E-state index contributed by atoms with van der Waals surface area (Å²) in [5, 5.41) is 10.1. The molecule has 228 valence electrons. The van der Waals surface area contributed by atoms with Crippen LogP contribution in [0, 0.1) is 22.7 Å². The Morgan fingerprint density at radius 2 is 1.47 bits per heavy atom. The van der Waals surface area contributed by atoms with Gasteiger partial charge in [-0.15, -0.1) is 0 Å². The number of allylic oxidation sites excluding steroid dienone is 19. The van der Waals surface area contributed by atoms with Gasteiger partial charge in [-0.3, -0.25) is 9.59 Å². The predicted molar refractivity (Wildman–Crippen MR) is 182 cm³/mol. The Morgan fingerprint density at radius 3 is 2.02 bits per heavy atom. The molecule has 0 amide bonds. The smallest absolute Gasteiger partial charge is 0.181 e. The molecule has 0 spiro atoms. The molecule has 3 heteroatoms. The molecule has 0 aromatic carbocycles. The Morgan fingerprint density at radius 1 is 0.884 bits per heavy atom. The van der Waals surface area contributed by atoms with Crippen LogP contribution in [0.2, 0.25) is 0 Å². The molecule has 0 heterocycles. The van der Waals surface area contributed by atoms with E-state index in [1.165, 1.54) is 5.57 Å². The summed E-state index contributed by atoms with van der Waals surface area (Å²) in [6.07, 6.45) is 24.8. The fraction of sp³-hybridized carbons (Fsp3) is 0.400. The highest BCUT2D eigenvalue weighted by molar-refractivity contribution is 6.05. The van der Waals surface area contributed by atoms with Crippen LogP contribution < -0.4 is 0 Å². The van der Waals surface area contributed by atoms with Crippen LogP contribution in [0.15, 0.2) is 117 Å². The van der Waals surface area contributed by atoms with E-state index >= 15 is 0 Å². The van der Waals surface area contributed by atoms with Gasteiger partial charge < -0.3 is 5.11 Å². The van der Waals surface area contributed by atoms with Gasteiger partial charge in [-0.05, 0) is 94.2 Å². The monoisotopic (exact) mass is 578 g/mol. The molecule has 2 aliphatic rings. The average molecular weight is 579 g/mol. The van der Waals surface area contributed by atoms with Crippen LogP contribution in [0.4, 0.5) is 0 Å². The molecule has 2 rings (SSSR count). The van der Waals surface area contributed by atoms with Crippen molar-refractivity contribution < 1.29 is 14.7 Å². The van der Waals surface area contributed by atoms with Crippen molar-refractivity contribution in [3.05, 3.63) is 117 Å². The zero-order valence-corrected chi connectivity index (χ0v) is 27.9. The number of aliphatic hydroxyl groups excluding tert-OH is 1. The third kappa shape index (κ3) is 11.5. The zero-order valence-electron chi connectivity index (χ0n) is 27.9. The van der Waals surface area contributed by atoms with Gasteiger partial charge in [-0.2, -0.15) is 0 Å². The Labute approximate surface area is 260 Å². The first-order chi connectivity index (χ1) is 20.0. The summed E-state index contributed by atoms with van der Waals surface area (Å²) in [5.74, 6) is 6.72. The topological polar surface area (TPSA) is 54.4 Å². The third-order valence-corrected chi connectivity index (χ3v) is 7.83. The standard InChI is InChI=1S/C40H50O3/c1-28(17-13-18-30(3)21-22-36-32(5)23-34(41)26-39(36,7)8)15-11-12-16-29(2)19-14-20-31(4)38(43)25-37-33(6)24-35(42)27-40(37,9)10/h11-20,24-25,34,41H,23,26-27H2,1-10H3/b12-11-,17-13+,19-14+,28-15-,29-16-,30-18-,31-20-,37-25+. The van der Waals surface area contributed by atoms with Crippen LogP contribution >= 0.6 is 0 Å². The molecule has 0 aliphatic heterocycles. The second-order valence-electron chi connectivity index (χ2n) is 13.3. The molecule has 43 heavy (non-hydrogen) atoms. The van der Waals surface area contributed by atoms with E-state index in [1.807, 2.05) is 90.2 Å². The van der Waals surface area contributed by atoms with Gasteiger partial charge in [0.2, 0.25) is 0 Å². The van der Waals surface area contributed by atoms with Gasteiger partial charge in [-0.1, -0.05) is 117 Å². The molecule has 3 nitrogen and oxygen atoms in total. The van der Waals surface area contributed by atoms with Crippen LogP contribution in [-0.2, 0) is 9.59 Å². The highest BCUT2D eigenvalue weighted by atomic mass is 16.3. The normalized spacial score (nSPS) is 23.0. The summed E-state index contributed by atoms with van der Waals surface area (Å²) in [6.45, 7) is 20.2. The van der Waals surface area contributed by atoms with Crippen molar-refractivity contribution in [3.63, 3.8) is 0 Å². The Bertz CT molecular complexity index is 1470. The fourth-order valence-electron chi connectivity index (χ4n) is 5.56. The SMILES string of the molecule is CC1=CC(=O)CC(C)(C)/C1=C/C(=O)\C(C)=C/C=C/C(C)=C\C=C/C=C(C)\C=C\C=C(\C)C#CC1=C(C)CC(O)CC1(C)C. The van der Waals surface area contributed by atoms with Crippen molar-refractivity contribution >= 4 is 11.6 Å². The molecular formula is C40H50O3. The van der Waals surface area contributed by atoms with E-state index in [1.54, 1.807) is 12.2 Å². The maximum absolute atomic E-state index is 12.8. The van der Waals surface area contributed by atoms with E-state index in [0.29, 0.717) is 18.4 Å². The first kappa shape index (κ1) is 35.5. The quantitative estimate of drug-likeness (QED) is 0.177. The minimum Gasteiger partial charge on any atom is -0.393 e. The lowest BCUT2D eigenvalue weighted by molar-refractivity contribution is -0.116. The Kier molecular flexibility index (Phi) is 12.9. The van der Waals surface area contributed by atoms with Gasteiger partial charge >= 0.3 is 0 Å². The van der Waals surface area contributed by atoms with Gasteiger partial charge in [0.05, 0.1) is 6.10 Å². The van der Waals surface area contributed by atoms with E-state index in [9.17, 15) is 14.7 Å². The van der Waals surface area contributed by atoms with Crippen molar-refractivity contribution in [2.45, 2.75) is 94.6 Å². The highest BCUT2D eigenvalue weighted by Crippen LogP contribution is 2.40. The summed E-state index contributed by atoms with van der Waals surface area (Å²) >= 11 is 0. The summed E-state index contributed by atoms with van der Waals surface area (Å²) in [7, 11) is 0. The molecule has 0 fully saturated rings. The van der Waals surface area contributed by atoms with E-state index in [2.05, 4.69) is 51.7 Å². The molecule has 2 aliphatic carbocycles. The van der Waals surface area contributed by atoms with E-state index in [0.717, 1.165) is 39.9 Å². The van der Waals surface area contributed by atoms with Crippen LogP contribution in [0.3, 0.4) is 0 Å². The molecule has 0 saturated carbocycles. The second kappa shape index (κ2) is 15.6. The van der Waals surface area contributed by atoms with Crippen molar-refractivity contribution in [3.8, 4) is 11.8 Å². The Balaban J connectivity index is 1.96. The fourth-order valence-corrected chi connectivity index (χ4v) is 5.56. The maximum Gasteiger partial charge on any atom is 0.181 e. The van der Waals surface area contributed by atoms with Crippen LogP contribution in [-0.4, -0.2) is 22.8 Å². The zero-order chi connectivity index (χ0) is 32.4. The van der Waals surface area contributed by atoms with Gasteiger partial charge in [0.25, 0.3) is 0 Å². The van der Waals surface area contributed by atoms with E-state index < -0.39 is 0 Å². The number of hydrogen-bond acceptors (Lipinski definition) is 3. The Hall–Kier alpha value is -3.74. The summed E-state index contributed by atoms with van der Waals surface area (Å²) < 4.78 is 0. The summed E-state index contributed by atoms with van der Waals surface area (Å²) in [5.41, 5.74) is 7.54. The van der Waals surface area contributed by atoms with E-state index in [-0.39, 0.29) is 28.5 Å². The minimum atomic E-state index is -0.337. The van der Waals surface area contributed by atoms with Gasteiger partial charge in [0, 0.05) is 17.4 Å². The molecular weight excluding hydrogens is 528 g/mol. The lowest BCUT2D eigenvalue weighted by atomic mass is 9.72. The van der Waals surface area contributed by atoms with Crippen molar-refractivity contribution in [1.29, 1.82) is 0 Å². The van der Waals surface area contributed by atoms with Crippen molar-refractivity contribution in [1.82, 2.24) is 0 Å². The number of carbonyl (C=O) groups is 2. The highest BCUT2D eigenvalue weighted by Gasteiger charge is 2.32. The lowest BCUT2D eigenvalue weighted by Gasteiger charge is -2.34. The molecule has 0 saturated heterocycles. The van der Waals surface area contributed by atoms with E-state index in [4.69, 9.17) is 0 Å². The van der Waals surface area contributed by atoms with Crippen molar-refractivity contribution in [2.75, 3.05) is 0 Å². The minimum absolute atomic E-state index is 0.0384. The van der Waals surface area contributed by atoms with Gasteiger partial charge in [0.1, 0.15) is 0 Å². The van der Waals surface area contributed by atoms with Crippen LogP contribution in [0.5, 0.6) is 0 Å². The molecule has 1 unspecified atom stereocenters. The van der Waals surface area contributed by atoms with Gasteiger partial charge in [-0.25, -0.2) is 0 Å². The number of aliphatic hydroxyl groups is 1. The number of ketones is 2. The molecule has 1 atom stereocenters. The molecule has 0 aromatic rings. The summed E-state index contributed by atoms with van der Waals surface area (Å²) in [6, 6.07) is 0. The largest absolute Gasteiger partial charge is 0.393 e. The van der Waals surface area contributed by atoms with Gasteiger partial charge in [0.15, 0.2) is 11.6 Å². The molecule has 0 radical (unpaired) electrons. The number of rotatable bonds is 8. The average Bonchev–Trinajstić information content (AvgIpc) is 2.87. The maximum atomic E-state index is 12.8. The predicted octanol–water partition coefficient (Wildman–Crippen LogP) is 9.38. The first-order valence-electron chi connectivity index (χ1n) is 15.1. The first-order valence-corrected chi connectivity index (χ1v) is 15.1. The lowest BCUT2D eigenvalue weighted by Crippen LogP contribution is -2.28. The number of carbonyl (C=O) groups excluding carboxylic acids is 2. The third-order valence-electron chi connectivity index (χ3n) is 7.83. The molecule has 0 bridgehead atoms. The molecule has 1 N–H and O–H groups in total. The van der Waals surface area contributed by atoms with Crippen molar-refractivity contribution in [2.24, 2.45) is 10.8 Å². The van der Waals surface area contributed by atoms with Crippen LogP contribution in [0.1, 0.15) is 88.5 Å². The number of hydrogen-bond donors (Lipinski definition) is 1. The second-order valence-corrected chi connectivity index (χ2v) is 13.3. The van der Waals surface area contributed by atoms with Crippen LogP contribution in [0.25, 0.3) is 0 Å². The summed E-state index contributed by atoms with van der Waals surface area (Å²) in [4.78, 5) is 24.7. The molecule has 0 aromatic heterocycles.